The lowest BCUT2D eigenvalue weighted by Crippen LogP contribution is -2.07. The number of pyridine rings is 1. The molecule has 2 aromatic rings. The summed E-state index contributed by atoms with van der Waals surface area (Å²) in [5, 5.41) is 11.0. The molecule has 0 unspecified atom stereocenters. The Morgan fingerprint density at radius 1 is 1.41 bits per heavy atom. The number of hydrogen-bond donors (Lipinski definition) is 1. The van der Waals surface area contributed by atoms with Crippen LogP contribution >= 0.6 is 0 Å². The monoisotopic (exact) mass is 234 g/mol. The van der Waals surface area contributed by atoms with E-state index in [1.165, 1.54) is 19.2 Å². The molecule has 0 amide bonds. The Kier molecular flexibility index (Phi) is 2.55. The number of nitro benzene ring substituents is 1. The van der Waals surface area contributed by atoms with Crippen LogP contribution in [-0.2, 0) is 0 Å². The van der Waals surface area contributed by atoms with Crippen molar-refractivity contribution in [1.29, 1.82) is 0 Å². The van der Waals surface area contributed by atoms with Gasteiger partial charge in [0.05, 0.1) is 17.5 Å². The van der Waals surface area contributed by atoms with E-state index in [-0.39, 0.29) is 22.3 Å². The predicted octanol–water partition coefficient (Wildman–Crippen LogP) is 1.75. The molecule has 2 rings (SSSR count). The summed E-state index contributed by atoms with van der Waals surface area (Å²) < 4.78 is 4.91. The molecule has 0 saturated heterocycles. The zero-order valence-corrected chi connectivity index (χ0v) is 9.31. The van der Waals surface area contributed by atoms with Gasteiger partial charge in [-0.2, -0.15) is 0 Å². The number of nitro groups is 1. The summed E-state index contributed by atoms with van der Waals surface area (Å²) in [5.41, 5.74) is 0.401. The fraction of sp³-hybridized carbons (Fsp3) is 0.182. The number of aromatic amines is 1. The van der Waals surface area contributed by atoms with Gasteiger partial charge in [-0.15, -0.1) is 0 Å². The molecule has 6 heteroatoms. The third-order valence-corrected chi connectivity index (χ3v) is 2.47. The number of nitrogens with one attached hydrogen (secondary N) is 1. The standard InChI is InChI=1S/C11H10N2O4/c1-6-5-8(14)10-7(12-6)3-4-9(17-2)11(10)13(15)16/h3-5H,1-2H3,(H,12,14). The van der Waals surface area contributed by atoms with Crippen LogP contribution < -0.4 is 10.2 Å². The van der Waals surface area contributed by atoms with Gasteiger partial charge >= 0.3 is 5.69 Å². The summed E-state index contributed by atoms with van der Waals surface area (Å²) in [5.74, 6) is 0.0804. The van der Waals surface area contributed by atoms with Crippen molar-refractivity contribution in [3.63, 3.8) is 0 Å². The van der Waals surface area contributed by atoms with Crippen LogP contribution in [0.2, 0.25) is 0 Å². The molecule has 0 aliphatic rings. The van der Waals surface area contributed by atoms with E-state index in [1.54, 1.807) is 13.0 Å². The second-order valence-electron chi connectivity index (χ2n) is 3.61. The van der Waals surface area contributed by atoms with Crippen LogP contribution in [0.5, 0.6) is 5.75 Å². The van der Waals surface area contributed by atoms with Gasteiger partial charge in [-0.25, -0.2) is 0 Å². The third kappa shape index (κ3) is 1.73. The molecule has 0 spiro atoms. The van der Waals surface area contributed by atoms with Crippen LogP contribution in [0.3, 0.4) is 0 Å². The van der Waals surface area contributed by atoms with E-state index in [1.807, 2.05) is 0 Å². The number of methoxy groups -OCH3 is 1. The summed E-state index contributed by atoms with van der Waals surface area (Å²) in [6.45, 7) is 1.72. The summed E-state index contributed by atoms with van der Waals surface area (Å²) in [7, 11) is 1.33. The Morgan fingerprint density at radius 3 is 2.71 bits per heavy atom. The number of H-pyrrole nitrogens is 1. The van der Waals surface area contributed by atoms with Gasteiger partial charge in [-0.3, -0.25) is 14.9 Å². The van der Waals surface area contributed by atoms with E-state index in [4.69, 9.17) is 4.74 Å². The van der Waals surface area contributed by atoms with Gasteiger partial charge in [0.1, 0.15) is 5.39 Å². The van der Waals surface area contributed by atoms with Gasteiger partial charge < -0.3 is 9.72 Å². The Morgan fingerprint density at radius 2 is 2.12 bits per heavy atom. The molecule has 0 fully saturated rings. The van der Waals surface area contributed by atoms with Crippen molar-refractivity contribution in [2.75, 3.05) is 7.11 Å². The van der Waals surface area contributed by atoms with E-state index < -0.39 is 4.92 Å². The van der Waals surface area contributed by atoms with E-state index in [0.717, 1.165) is 0 Å². The van der Waals surface area contributed by atoms with Crippen molar-refractivity contribution in [1.82, 2.24) is 4.98 Å². The lowest BCUT2D eigenvalue weighted by Gasteiger charge is -2.05. The molecule has 0 radical (unpaired) electrons. The molecule has 17 heavy (non-hydrogen) atoms. The van der Waals surface area contributed by atoms with E-state index in [2.05, 4.69) is 4.98 Å². The van der Waals surface area contributed by atoms with Crippen molar-refractivity contribution >= 4 is 16.6 Å². The minimum Gasteiger partial charge on any atom is -0.490 e. The first-order valence-electron chi connectivity index (χ1n) is 4.89. The molecule has 88 valence electrons. The average molecular weight is 234 g/mol. The van der Waals surface area contributed by atoms with Gasteiger partial charge in [0.25, 0.3) is 0 Å². The molecular formula is C11H10N2O4. The largest absolute Gasteiger partial charge is 0.490 e. The van der Waals surface area contributed by atoms with Crippen molar-refractivity contribution in [3.8, 4) is 5.75 Å². The molecule has 0 aliphatic carbocycles. The maximum atomic E-state index is 11.8. The highest BCUT2D eigenvalue weighted by Crippen LogP contribution is 2.32. The molecule has 0 aliphatic heterocycles. The number of aryl methyl sites for hydroxylation is 1. The van der Waals surface area contributed by atoms with Gasteiger partial charge in [0, 0.05) is 11.8 Å². The average Bonchev–Trinajstić information content (AvgIpc) is 2.27. The number of fused-ring (bicyclic) bond motifs is 1. The van der Waals surface area contributed by atoms with E-state index in [9.17, 15) is 14.9 Å². The summed E-state index contributed by atoms with van der Waals surface area (Å²) in [6.07, 6.45) is 0. The number of aromatic nitrogens is 1. The van der Waals surface area contributed by atoms with Crippen LogP contribution in [0.25, 0.3) is 10.9 Å². The third-order valence-electron chi connectivity index (χ3n) is 2.47. The predicted molar refractivity (Wildman–Crippen MR) is 62.5 cm³/mol. The second-order valence-corrected chi connectivity index (χ2v) is 3.61. The summed E-state index contributed by atoms with van der Waals surface area (Å²) in [4.78, 5) is 25.1. The zero-order valence-electron chi connectivity index (χ0n) is 9.31. The maximum Gasteiger partial charge on any atom is 0.324 e. The van der Waals surface area contributed by atoms with Gasteiger partial charge in [-0.05, 0) is 19.1 Å². The lowest BCUT2D eigenvalue weighted by atomic mass is 10.1. The number of nitrogens with zero attached hydrogens (tertiary/aromatic N) is 1. The highest BCUT2D eigenvalue weighted by molar-refractivity contribution is 5.90. The minimum absolute atomic E-state index is 0.0416. The van der Waals surface area contributed by atoms with Gasteiger partial charge in [0.15, 0.2) is 11.2 Å². The number of rotatable bonds is 2. The number of ether oxygens (including phenoxy) is 1. The fourth-order valence-electron chi connectivity index (χ4n) is 1.79. The zero-order chi connectivity index (χ0) is 12.6. The van der Waals surface area contributed by atoms with Crippen molar-refractivity contribution in [3.05, 3.63) is 44.2 Å². The smallest absolute Gasteiger partial charge is 0.324 e. The van der Waals surface area contributed by atoms with Crippen molar-refractivity contribution in [2.24, 2.45) is 0 Å². The SMILES string of the molecule is COc1ccc2[nH]c(C)cc(=O)c2c1[N+](=O)[O-]. The molecule has 0 bridgehead atoms. The molecular weight excluding hydrogens is 224 g/mol. The van der Waals surface area contributed by atoms with Crippen LogP contribution in [-0.4, -0.2) is 17.0 Å². The van der Waals surface area contributed by atoms with Crippen molar-refractivity contribution < 1.29 is 9.66 Å². The number of hydrogen-bond acceptors (Lipinski definition) is 4. The highest BCUT2D eigenvalue weighted by Gasteiger charge is 2.21. The molecule has 1 aromatic heterocycles. The summed E-state index contributed by atoms with van der Waals surface area (Å²) >= 11 is 0. The maximum absolute atomic E-state index is 11.8. The van der Waals surface area contributed by atoms with Crippen LogP contribution in [0, 0.1) is 17.0 Å². The second kappa shape index (κ2) is 3.89. The molecule has 0 saturated carbocycles. The first-order chi connectivity index (χ1) is 8.04. The Bertz CT molecular complexity index is 660. The lowest BCUT2D eigenvalue weighted by molar-refractivity contribution is -0.384. The number of benzene rings is 1. The molecule has 6 nitrogen and oxygen atoms in total. The Labute approximate surface area is 96.0 Å². The Balaban J connectivity index is 2.99. The van der Waals surface area contributed by atoms with Gasteiger partial charge in [-0.1, -0.05) is 0 Å². The first-order valence-corrected chi connectivity index (χ1v) is 4.89. The fourth-order valence-corrected chi connectivity index (χ4v) is 1.79. The van der Waals surface area contributed by atoms with Crippen LogP contribution in [0.1, 0.15) is 5.69 Å². The normalized spacial score (nSPS) is 10.5. The molecule has 1 N–H and O–H groups in total. The Hall–Kier alpha value is -2.37. The van der Waals surface area contributed by atoms with Crippen molar-refractivity contribution in [2.45, 2.75) is 6.92 Å². The first kappa shape index (κ1) is 11.1. The molecule has 1 heterocycles. The van der Waals surface area contributed by atoms with E-state index in [0.29, 0.717) is 11.2 Å². The highest BCUT2D eigenvalue weighted by atomic mass is 16.6. The topological polar surface area (TPSA) is 85.2 Å². The molecule has 0 atom stereocenters. The van der Waals surface area contributed by atoms with Crippen LogP contribution in [0.4, 0.5) is 5.69 Å². The summed E-state index contributed by atoms with van der Waals surface area (Å²) in [6, 6.07) is 4.39. The van der Waals surface area contributed by atoms with E-state index >= 15 is 0 Å². The van der Waals surface area contributed by atoms with Crippen LogP contribution in [0.15, 0.2) is 23.0 Å². The minimum atomic E-state index is -0.605. The quantitative estimate of drug-likeness (QED) is 0.633. The molecule has 1 aromatic carbocycles. The van der Waals surface area contributed by atoms with Gasteiger partial charge in [0.2, 0.25) is 0 Å².